The van der Waals surface area contributed by atoms with Gasteiger partial charge in [-0.15, -0.1) is 0 Å². The quantitative estimate of drug-likeness (QED) is 0.689. The van der Waals surface area contributed by atoms with E-state index in [-0.39, 0.29) is 28.8 Å². The summed E-state index contributed by atoms with van der Waals surface area (Å²) in [6.07, 6.45) is 3.08. The summed E-state index contributed by atoms with van der Waals surface area (Å²) in [5, 5.41) is 3.64. The molecule has 0 radical (unpaired) electrons. The van der Waals surface area contributed by atoms with Gasteiger partial charge in [0.15, 0.2) is 5.17 Å². The lowest BCUT2D eigenvalue weighted by molar-refractivity contribution is -0.120. The summed E-state index contributed by atoms with van der Waals surface area (Å²) in [5.74, 6) is 0.614. The van der Waals surface area contributed by atoms with Crippen molar-refractivity contribution in [3.05, 3.63) is 53.1 Å². The molecule has 2 amide bonds. The molecule has 1 aliphatic rings. The fourth-order valence-electron chi connectivity index (χ4n) is 2.71. The first-order chi connectivity index (χ1) is 14.2. The molecule has 1 aromatic carbocycles. The Morgan fingerprint density at radius 2 is 2.13 bits per heavy atom. The number of rotatable bonds is 5. The lowest BCUT2D eigenvalue weighted by Crippen LogP contribution is -2.42. The number of nitrogens with one attached hydrogen (secondary N) is 1. The Balaban J connectivity index is 1.90. The van der Waals surface area contributed by atoms with Crippen LogP contribution in [0.3, 0.4) is 0 Å². The van der Waals surface area contributed by atoms with Crippen molar-refractivity contribution < 1.29 is 18.7 Å². The first-order valence-corrected chi connectivity index (χ1v) is 10.5. The molecule has 2 heterocycles. The number of anilines is 1. The average Bonchev–Trinajstić information content (AvgIpc) is 3.27. The van der Waals surface area contributed by atoms with E-state index in [1.54, 1.807) is 36.4 Å². The van der Waals surface area contributed by atoms with E-state index < -0.39 is 0 Å². The van der Waals surface area contributed by atoms with Gasteiger partial charge in [0.1, 0.15) is 17.2 Å². The van der Waals surface area contributed by atoms with Crippen LogP contribution in [0.2, 0.25) is 5.02 Å². The van der Waals surface area contributed by atoms with E-state index in [0.717, 1.165) is 0 Å². The van der Waals surface area contributed by atoms with E-state index in [0.29, 0.717) is 27.4 Å². The minimum Gasteiger partial charge on any atom is -0.495 e. The summed E-state index contributed by atoms with van der Waals surface area (Å²) in [7, 11) is 1.52. The van der Waals surface area contributed by atoms with Crippen molar-refractivity contribution in [2.45, 2.75) is 26.3 Å². The molecule has 158 valence electrons. The predicted molar refractivity (Wildman–Crippen MR) is 120 cm³/mol. The third-order valence-corrected chi connectivity index (χ3v) is 5.13. The number of aliphatic imine (C=N–C) groups is 1. The topological polar surface area (TPSA) is 84.1 Å². The fraction of sp³-hybridized carbons (Fsp3) is 0.286. The van der Waals surface area contributed by atoms with Crippen molar-refractivity contribution >= 4 is 52.1 Å². The second-order valence-corrected chi connectivity index (χ2v) is 8.84. The molecule has 0 unspecified atom stereocenters. The smallest absolute Gasteiger partial charge is 0.283 e. The van der Waals surface area contributed by atoms with Crippen LogP contribution in [0.15, 0.2) is 51.7 Å². The maximum Gasteiger partial charge on any atom is 0.283 e. The van der Waals surface area contributed by atoms with Crippen LogP contribution in [0.5, 0.6) is 5.75 Å². The Bertz CT molecular complexity index is 1010. The molecule has 0 atom stereocenters. The number of hydrogen-bond donors (Lipinski definition) is 1. The van der Waals surface area contributed by atoms with Gasteiger partial charge in [-0.1, -0.05) is 23.4 Å². The highest BCUT2D eigenvalue weighted by Crippen LogP contribution is 2.34. The minimum absolute atomic E-state index is 0.109. The van der Waals surface area contributed by atoms with E-state index in [1.807, 2.05) is 20.8 Å². The highest BCUT2D eigenvalue weighted by Gasteiger charge is 2.33. The molecule has 0 aliphatic carbocycles. The molecule has 30 heavy (non-hydrogen) atoms. The van der Waals surface area contributed by atoms with Crippen molar-refractivity contribution in [1.29, 1.82) is 0 Å². The number of thioether (sulfide) groups is 1. The molecule has 0 saturated heterocycles. The molecule has 1 aromatic heterocycles. The fourth-order valence-corrected chi connectivity index (χ4v) is 3.77. The molecule has 2 aromatic rings. The summed E-state index contributed by atoms with van der Waals surface area (Å²) in [4.78, 5) is 31.2. The van der Waals surface area contributed by atoms with E-state index in [4.69, 9.17) is 20.8 Å². The lowest BCUT2D eigenvalue weighted by Gasteiger charge is -2.21. The number of ether oxygens (including phenoxy) is 1. The lowest BCUT2D eigenvalue weighted by atomic mass is 10.1. The molecule has 7 nitrogen and oxygen atoms in total. The third kappa shape index (κ3) is 5.25. The van der Waals surface area contributed by atoms with Crippen molar-refractivity contribution in [3.63, 3.8) is 0 Å². The number of methoxy groups -OCH3 is 1. The van der Waals surface area contributed by atoms with E-state index in [2.05, 4.69) is 10.3 Å². The molecule has 1 aliphatic heterocycles. The Hall–Kier alpha value is -2.71. The van der Waals surface area contributed by atoms with Crippen molar-refractivity contribution in [3.8, 4) is 5.75 Å². The number of furan rings is 1. The van der Waals surface area contributed by atoms with Crippen LogP contribution in [-0.2, 0) is 9.59 Å². The van der Waals surface area contributed by atoms with Crippen LogP contribution >= 0.6 is 23.4 Å². The summed E-state index contributed by atoms with van der Waals surface area (Å²) in [6, 6.07) is 8.46. The number of carbonyl (C=O) groups is 2. The maximum absolute atomic E-state index is 13.1. The number of hydrogen-bond acceptors (Lipinski definition) is 6. The highest BCUT2D eigenvalue weighted by molar-refractivity contribution is 8.14. The Kier molecular flexibility index (Phi) is 6.58. The number of amides is 2. The SMILES string of the molecule is COc1ccc(N2C(=O)/C(=C\c3ccco3)N=C2SCC(=O)NC(C)(C)C)cc1Cl. The Morgan fingerprint density at radius 1 is 1.37 bits per heavy atom. The van der Waals surface area contributed by atoms with Gasteiger partial charge in [-0.3, -0.25) is 14.5 Å². The van der Waals surface area contributed by atoms with Gasteiger partial charge >= 0.3 is 0 Å². The van der Waals surface area contributed by atoms with Crippen LogP contribution in [-0.4, -0.2) is 35.4 Å². The van der Waals surface area contributed by atoms with E-state index >= 15 is 0 Å². The highest BCUT2D eigenvalue weighted by atomic mass is 35.5. The van der Waals surface area contributed by atoms with Crippen LogP contribution in [0.1, 0.15) is 26.5 Å². The van der Waals surface area contributed by atoms with Crippen molar-refractivity contribution in [1.82, 2.24) is 5.32 Å². The molecule has 3 rings (SSSR count). The van der Waals surface area contributed by atoms with Gasteiger partial charge in [-0.05, 0) is 51.1 Å². The molecule has 0 bridgehead atoms. The van der Waals surface area contributed by atoms with Crippen LogP contribution in [0, 0.1) is 0 Å². The maximum atomic E-state index is 13.1. The van der Waals surface area contributed by atoms with Crippen LogP contribution in [0.25, 0.3) is 6.08 Å². The number of nitrogens with zero attached hydrogens (tertiary/aromatic N) is 2. The van der Waals surface area contributed by atoms with E-state index in [1.165, 1.54) is 30.0 Å². The summed E-state index contributed by atoms with van der Waals surface area (Å²) < 4.78 is 10.5. The monoisotopic (exact) mass is 447 g/mol. The molecule has 9 heteroatoms. The van der Waals surface area contributed by atoms with Crippen LogP contribution in [0.4, 0.5) is 5.69 Å². The number of halogens is 1. The predicted octanol–water partition coefficient (Wildman–Crippen LogP) is 4.33. The summed E-state index contributed by atoms with van der Waals surface area (Å²) in [6.45, 7) is 5.71. The number of amidine groups is 1. The Morgan fingerprint density at radius 3 is 2.73 bits per heavy atom. The molecular formula is C21H22ClN3O4S. The van der Waals surface area contributed by atoms with Gasteiger partial charge in [-0.2, -0.15) is 0 Å². The summed E-state index contributed by atoms with van der Waals surface area (Å²) >= 11 is 7.42. The minimum atomic E-state index is -0.349. The number of benzene rings is 1. The van der Waals surface area contributed by atoms with Gasteiger partial charge in [0.2, 0.25) is 5.91 Å². The van der Waals surface area contributed by atoms with Gasteiger partial charge < -0.3 is 14.5 Å². The van der Waals surface area contributed by atoms with E-state index in [9.17, 15) is 9.59 Å². The van der Waals surface area contributed by atoms with Gasteiger partial charge in [-0.25, -0.2) is 4.99 Å². The van der Waals surface area contributed by atoms with Gasteiger partial charge in [0.25, 0.3) is 5.91 Å². The molecule has 0 saturated carbocycles. The van der Waals surface area contributed by atoms with Gasteiger partial charge in [0.05, 0.1) is 29.8 Å². The molecule has 1 N–H and O–H groups in total. The second kappa shape index (κ2) is 8.97. The third-order valence-electron chi connectivity index (χ3n) is 3.89. The Labute approximate surface area is 184 Å². The molecule has 0 fully saturated rings. The second-order valence-electron chi connectivity index (χ2n) is 7.49. The summed E-state index contributed by atoms with van der Waals surface area (Å²) in [5.41, 5.74) is 0.380. The van der Waals surface area contributed by atoms with Crippen LogP contribution < -0.4 is 15.0 Å². The number of carbonyl (C=O) groups excluding carboxylic acids is 2. The average molecular weight is 448 g/mol. The zero-order valence-electron chi connectivity index (χ0n) is 17.1. The molecular weight excluding hydrogens is 426 g/mol. The normalized spacial score (nSPS) is 15.5. The van der Waals surface area contributed by atoms with Crippen molar-refractivity contribution in [2.24, 2.45) is 4.99 Å². The zero-order chi connectivity index (χ0) is 21.9. The zero-order valence-corrected chi connectivity index (χ0v) is 18.6. The first kappa shape index (κ1) is 22.0. The largest absolute Gasteiger partial charge is 0.495 e. The first-order valence-electron chi connectivity index (χ1n) is 9.13. The molecule has 0 spiro atoms. The standard InChI is InChI=1S/C21H22ClN3O4S/c1-21(2,3)24-18(26)12-30-20-23-16(11-14-6-5-9-29-14)19(27)25(20)13-7-8-17(28-4)15(22)10-13/h5-11H,12H2,1-4H3,(H,24,26)/b16-11+. The van der Waals surface area contributed by atoms with Crippen molar-refractivity contribution in [2.75, 3.05) is 17.8 Å². The van der Waals surface area contributed by atoms with Gasteiger partial charge in [0, 0.05) is 11.6 Å².